The van der Waals surface area contributed by atoms with Crippen molar-refractivity contribution >= 4 is 21.1 Å². The molecule has 4 aromatic rings. The van der Waals surface area contributed by atoms with E-state index in [0.717, 1.165) is 0 Å². The summed E-state index contributed by atoms with van der Waals surface area (Å²) in [7, 11) is -2.39. The highest BCUT2D eigenvalue weighted by atomic mass is 32.2. The minimum Gasteiger partial charge on any atom is -0.408 e. The summed E-state index contributed by atoms with van der Waals surface area (Å²) >= 11 is 0. The number of aryl methyl sites for hydroxylation is 2. The third-order valence-electron chi connectivity index (χ3n) is 4.97. The summed E-state index contributed by atoms with van der Waals surface area (Å²) in [5, 5.41) is 0. The van der Waals surface area contributed by atoms with E-state index in [9.17, 15) is 13.2 Å². The van der Waals surface area contributed by atoms with Gasteiger partial charge in [0.15, 0.2) is 5.58 Å². The Labute approximate surface area is 179 Å². The third kappa shape index (κ3) is 3.87. The van der Waals surface area contributed by atoms with Crippen LogP contribution in [0.15, 0.2) is 62.9 Å². The first-order valence-corrected chi connectivity index (χ1v) is 11.1. The lowest BCUT2D eigenvalue weighted by atomic mass is 10.1. The van der Waals surface area contributed by atoms with Crippen molar-refractivity contribution < 1.29 is 12.8 Å². The molecule has 0 aliphatic heterocycles. The average molecular weight is 439 g/mol. The zero-order chi connectivity index (χ0) is 22.2. The Morgan fingerprint density at radius 2 is 1.97 bits per heavy atom. The van der Waals surface area contributed by atoms with Crippen LogP contribution in [0.3, 0.4) is 0 Å². The van der Waals surface area contributed by atoms with Crippen LogP contribution in [0.25, 0.3) is 22.4 Å². The van der Waals surface area contributed by atoms with E-state index in [1.807, 2.05) is 19.1 Å². The lowest BCUT2D eigenvalue weighted by Gasteiger charge is -2.18. The van der Waals surface area contributed by atoms with Crippen molar-refractivity contribution in [2.24, 2.45) is 0 Å². The summed E-state index contributed by atoms with van der Waals surface area (Å²) in [6, 6.07) is 9.89. The van der Waals surface area contributed by atoms with Gasteiger partial charge in [0.05, 0.1) is 28.3 Å². The molecule has 160 valence electrons. The molecule has 0 atom stereocenters. The SMILES string of the molecule is CCn1c(=O)oc2cc(S(=O)(=O)N(C)Cc3nc(C)ncc3-c3ccccn3)ccc21. The summed E-state index contributed by atoms with van der Waals surface area (Å²) in [4.78, 5) is 25.0. The molecule has 3 heterocycles. The molecule has 0 fully saturated rings. The van der Waals surface area contributed by atoms with E-state index in [-0.39, 0.29) is 17.0 Å². The third-order valence-corrected chi connectivity index (χ3v) is 6.76. The van der Waals surface area contributed by atoms with Crippen molar-refractivity contribution in [1.82, 2.24) is 23.8 Å². The fourth-order valence-corrected chi connectivity index (χ4v) is 4.50. The Kier molecular flexibility index (Phi) is 5.42. The van der Waals surface area contributed by atoms with Crippen molar-refractivity contribution in [3.8, 4) is 11.3 Å². The largest absolute Gasteiger partial charge is 0.419 e. The van der Waals surface area contributed by atoms with Crippen molar-refractivity contribution in [2.75, 3.05) is 7.05 Å². The second kappa shape index (κ2) is 8.05. The van der Waals surface area contributed by atoms with Crippen LogP contribution in [0.5, 0.6) is 0 Å². The van der Waals surface area contributed by atoms with Gasteiger partial charge >= 0.3 is 5.76 Å². The molecular formula is C21H21N5O4S. The standard InChI is InChI=1S/C21H21N5O4S/c1-4-26-19-9-8-15(11-20(19)30-21(26)27)31(28,29)25(3)13-18-16(12-23-14(2)24-18)17-7-5-6-10-22-17/h5-12H,4,13H2,1-3H3. The van der Waals surface area contributed by atoms with Crippen LogP contribution in [-0.2, 0) is 23.1 Å². The Balaban J connectivity index is 1.70. The number of benzene rings is 1. The topological polar surface area (TPSA) is 111 Å². The van der Waals surface area contributed by atoms with Gasteiger partial charge in [-0.3, -0.25) is 9.55 Å². The fraction of sp³-hybridized carbons (Fsp3) is 0.238. The van der Waals surface area contributed by atoms with E-state index in [1.54, 1.807) is 31.5 Å². The summed E-state index contributed by atoms with van der Waals surface area (Å²) in [5.41, 5.74) is 2.65. The van der Waals surface area contributed by atoms with Gasteiger partial charge in [0.2, 0.25) is 10.0 Å². The van der Waals surface area contributed by atoms with Gasteiger partial charge in [-0.15, -0.1) is 0 Å². The van der Waals surface area contributed by atoms with E-state index in [4.69, 9.17) is 4.42 Å². The van der Waals surface area contributed by atoms with Gasteiger partial charge in [0.1, 0.15) is 5.82 Å². The van der Waals surface area contributed by atoms with E-state index in [2.05, 4.69) is 15.0 Å². The number of rotatable bonds is 6. The highest BCUT2D eigenvalue weighted by Gasteiger charge is 2.24. The molecule has 4 rings (SSSR count). The van der Waals surface area contributed by atoms with Crippen molar-refractivity contribution in [3.05, 3.63) is 70.9 Å². The molecule has 0 amide bonds. The molecule has 0 unspecified atom stereocenters. The molecule has 10 heteroatoms. The summed E-state index contributed by atoms with van der Waals surface area (Å²) in [5.74, 6) is 0.0152. The Bertz CT molecular complexity index is 1410. The molecule has 0 saturated carbocycles. The molecular weight excluding hydrogens is 418 g/mol. The molecule has 31 heavy (non-hydrogen) atoms. The van der Waals surface area contributed by atoms with Crippen LogP contribution in [0.2, 0.25) is 0 Å². The first-order valence-electron chi connectivity index (χ1n) is 9.65. The number of oxazole rings is 1. The van der Waals surface area contributed by atoms with Gasteiger partial charge in [-0.25, -0.2) is 23.2 Å². The maximum atomic E-state index is 13.2. The summed E-state index contributed by atoms with van der Waals surface area (Å²) in [6.07, 6.45) is 3.31. The molecule has 0 aliphatic carbocycles. The average Bonchev–Trinajstić information content (AvgIpc) is 3.08. The van der Waals surface area contributed by atoms with E-state index in [0.29, 0.717) is 34.8 Å². The smallest absolute Gasteiger partial charge is 0.408 e. The van der Waals surface area contributed by atoms with Crippen LogP contribution in [0.4, 0.5) is 0 Å². The second-order valence-electron chi connectivity index (χ2n) is 7.00. The molecule has 0 spiro atoms. The number of sulfonamides is 1. The summed E-state index contributed by atoms with van der Waals surface area (Å²) < 4.78 is 34.3. The number of pyridine rings is 1. The van der Waals surface area contributed by atoms with Crippen LogP contribution in [0.1, 0.15) is 18.4 Å². The zero-order valence-electron chi connectivity index (χ0n) is 17.3. The summed E-state index contributed by atoms with van der Waals surface area (Å²) in [6.45, 7) is 4.02. The quantitative estimate of drug-likeness (QED) is 0.454. The molecule has 0 radical (unpaired) electrons. The first kappa shape index (κ1) is 20.9. The molecule has 0 aliphatic rings. The zero-order valence-corrected chi connectivity index (χ0v) is 18.1. The maximum absolute atomic E-state index is 13.2. The lowest BCUT2D eigenvalue weighted by Crippen LogP contribution is -2.27. The maximum Gasteiger partial charge on any atom is 0.419 e. The Morgan fingerprint density at radius 1 is 1.16 bits per heavy atom. The predicted octanol–water partition coefficient (Wildman–Crippen LogP) is 2.60. The molecule has 0 bridgehead atoms. The molecule has 0 N–H and O–H groups in total. The van der Waals surface area contributed by atoms with Crippen molar-refractivity contribution in [1.29, 1.82) is 0 Å². The fourth-order valence-electron chi connectivity index (χ4n) is 3.36. The van der Waals surface area contributed by atoms with Gasteiger partial charge < -0.3 is 4.42 Å². The normalized spacial score (nSPS) is 12.0. The highest BCUT2D eigenvalue weighted by molar-refractivity contribution is 7.89. The van der Waals surface area contributed by atoms with Crippen molar-refractivity contribution in [3.63, 3.8) is 0 Å². The van der Waals surface area contributed by atoms with Crippen LogP contribution < -0.4 is 5.76 Å². The lowest BCUT2D eigenvalue weighted by molar-refractivity contribution is 0.461. The number of nitrogens with zero attached hydrogens (tertiary/aromatic N) is 5. The number of fused-ring (bicyclic) bond motifs is 1. The van der Waals surface area contributed by atoms with Gasteiger partial charge in [-0.2, -0.15) is 4.31 Å². The monoisotopic (exact) mass is 439 g/mol. The Hall–Kier alpha value is -3.37. The van der Waals surface area contributed by atoms with Gasteiger partial charge in [0.25, 0.3) is 0 Å². The van der Waals surface area contributed by atoms with Gasteiger partial charge in [-0.1, -0.05) is 6.07 Å². The predicted molar refractivity (Wildman–Crippen MR) is 115 cm³/mol. The Morgan fingerprint density at radius 3 is 2.68 bits per heavy atom. The molecule has 0 saturated heterocycles. The van der Waals surface area contributed by atoms with E-state index < -0.39 is 15.8 Å². The molecule has 1 aromatic carbocycles. The number of aromatic nitrogens is 4. The minimum absolute atomic E-state index is 0.0234. The first-order chi connectivity index (χ1) is 14.8. The van der Waals surface area contributed by atoms with Gasteiger partial charge in [-0.05, 0) is 38.1 Å². The van der Waals surface area contributed by atoms with Crippen LogP contribution in [-0.4, -0.2) is 39.3 Å². The number of hydrogen-bond acceptors (Lipinski definition) is 7. The highest BCUT2D eigenvalue weighted by Crippen LogP contribution is 2.25. The van der Waals surface area contributed by atoms with E-state index >= 15 is 0 Å². The van der Waals surface area contributed by atoms with Gasteiger partial charge in [0, 0.05) is 37.6 Å². The molecule has 9 nitrogen and oxygen atoms in total. The number of hydrogen-bond donors (Lipinski definition) is 0. The minimum atomic E-state index is -3.87. The van der Waals surface area contributed by atoms with Crippen molar-refractivity contribution in [2.45, 2.75) is 31.8 Å². The second-order valence-corrected chi connectivity index (χ2v) is 9.04. The van der Waals surface area contributed by atoms with Crippen LogP contribution in [0, 0.1) is 6.92 Å². The van der Waals surface area contributed by atoms with E-state index in [1.165, 1.54) is 28.1 Å². The van der Waals surface area contributed by atoms with Crippen LogP contribution >= 0.6 is 0 Å². The molecule has 3 aromatic heterocycles.